The lowest BCUT2D eigenvalue weighted by atomic mass is 9.73. The van der Waals surface area contributed by atoms with Crippen LogP contribution in [0.15, 0.2) is 52.0 Å². The second-order valence-corrected chi connectivity index (χ2v) is 10.7. The number of carbonyl (C=O) groups is 2. The van der Waals surface area contributed by atoms with Crippen LogP contribution in [-0.4, -0.2) is 41.9 Å². The molecule has 1 aromatic heterocycles. The van der Waals surface area contributed by atoms with Crippen LogP contribution in [-0.2, 0) is 26.2 Å². The highest BCUT2D eigenvalue weighted by Gasteiger charge is 2.60. The van der Waals surface area contributed by atoms with Gasteiger partial charge >= 0.3 is 10.0 Å². The third kappa shape index (κ3) is 3.11. The first kappa shape index (κ1) is 20.5. The molecule has 5 atom stereocenters. The molecule has 2 aliphatic carbocycles. The third-order valence-electron chi connectivity index (χ3n) is 7.41. The number of aromatic nitrogens is 1. The smallest absolute Gasteiger partial charge is 0.303 e. The Bertz CT molecular complexity index is 1310. The summed E-state index contributed by atoms with van der Waals surface area (Å²) in [4.78, 5) is 33.0. The Hall–Kier alpha value is -3.14. The van der Waals surface area contributed by atoms with Gasteiger partial charge in [0.1, 0.15) is 11.7 Å². The van der Waals surface area contributed by atoms with Gasteiger partial charge in [-0.25, -0.2) is 9.37 Å². The van der Waals surface area contributed by atoms with Crippen molar-refractivity contribution in [2.45, 2.75) is 36.9 Å². The van der Waals surface area contributed by atoms with E-state index in [9.17, 15) is 22.4 Å². The molecule has 8 nitrogen and oxygen atoms in total. The first-order chi connectivity index (χ1) is 15.8. The van der Waals surface area contributed by atoms with Crippen molar-refractivity contribution in [1.29, 1.82) is 0 Å². The van der Waals surface area contributed by atoms with Crippen LogP contribution in [0.1, 0.15) is 24.8 Å². The van der Waals surface area contributed by atoms with E-state index in [0.29, 0.717) is 0 Å². The number of amidine groups is 1. The number of halogens is 1. The summed E-state index contributed by atoms with van der Waals surface area (Å²) in [6.45, 7) is 0.228. The highest BCUT2D eigenvalue weighted by atomic mass is 32.2. The number of nitrogens with one attached hydrogen (secondary N) is 1. The van der Waals surface area contributed by atoms with Crippen molar-refractivity contribution >= 4 is 33.2 Å². The Kier molecular flexibility index (Phi) is 4.45. The van der Waals surface area contributed by atoms with Gasteiger partial charge in [-0.05, 0) is 60.9 Å². The summed E-state index contributed by atoms with van der Waals surface area (Å²) in [5, 5.41) is 2.66. The SMILES string of the molecule is O=C1C(C2=NS(=O)(=O)c3ncccc3N2)C(=O)N(Cc2ccc(F)cc2)C2C1[C@H]1CC[C@@H]2C1. The minimum atomic E-state index is -4.15. The van der Waals surface area contributed by atoms with Crippen molar-refractivity contribution in [2.24, 2.45) is 28.1 Å². The molecule has 1 saturated heterocycles. The molecule has 3 heterocycles. The van der Waals surface area contributed by atoms with E-state index in [2.05, 4.69) is 14.7 Å². The van der Waals surface area contributed by atoms with Gasteiger partial charge in [-0.3, -0.25) is 9.59 Å². The maximum Gasteiger partial charge on any atom is 0.303 e. The van der Waals surface area contributed by atoms with Crippen molar-refractivity contribution < 1.29 is 22.4 Å². The predicted molar refractivity (Wildman–Crippen MR) is 116 cm³/mol. The molecule has 170 valence electrons. The summed E-state index contributed by atoms with van der Waals surface area (Å²) in [5.41, 5.74) is 0.948. The fourth-order valence-electron chi connectivity index (χ4n) is 6.11. The van der Waals surface area contributed by atoms with E-state index in [1.807, 2.05) is 0 Å². The molecular weight excluding hydrogens is 447 g/mol. The zero-order chi connectivity index (χ0) is 22.9. The lowest BCUT2D eigenvalue weighted by molar-refractivity contribution is -0.153. The molecule has 0 radical (unpaired) electrons. The molecule has 0 spiro atoms. The van der Waals surface area contributed by atoms with Crippen LogP contribution in [0.4, 0.5) is 10.1 Å². The van der Waals surface area contributed by atoms with Crippen LogP contribution in [0.5, 0.6) is 0 Å². The van der Waals surface area contributed by atoms with Crippen molar-refractivity contribution in [3.05, 3.63) is 54.0 Å². The van der Waals surface area contributed by atoms with Gasteiger partial charge in [0.05, 0.1) is 5.69 Å². The number of carbonyl (C=O) groups excluding carboxylic acids is 2. The third-order valence-corrected chi connectivity index (χ3v) is 8.66. The van der Waals surface area contributed by atoms with Crippen molar-refractivity contribution in [3.63, 3.8) is 0 Å². The van der Waals surface area contributed by atoms with Gasteiger partial charge in [-0.2, -0.15) is 8.42 Å². The van der Waals surface area contributed by atoms with E-state index < -0.39 is 21.8 Å². The number of ketones is 1. The van der Waals surface area contributed by atoms with E-state index in [-0.39, 0.29) is 58.5 Å². The standard InChI is InChI=1S/C23H21FN4O4S/c24-15-7-3-12(4-8-15)11-28-19-14-6-5-13(10-14)17(19)20(29)18(23(28)30)21-26-16-2-1-9-25-22(16)33(31,32)27-21/h1-4,7-9,13-14,17-19H,5-6,10-11H2,(H,26,27)/t13-,14+,17?,18?,19?/m0/s1. The monoisotopic (exact) mass is 468 g/mol. The number of pyridine rings is 1. The van der Waals surface area contributed by atoms with Crippen LogP contribution >= 0.6 is 0 Å². The predicted octanol–water partition coefficient (Wildman–Crippen LogP) is 2.38. The molecule has 3 unspecified atom stereocenters. The Labute approximate surface area is 190 Å². The quantitative estimate of drug-likeness (QED) is 0.693. The van der Waals surface area contributed by atoms with Crippen LogP contribution in [0.2, 0.25) is 0 Å². The molecular formula is C23H21FN4O4S. The maximum absolute atomic E-state index is 13.7. The van der Waals surface area contributed by atoms with Crippen molar-refractivity contribution in [2.75, 3.05) is 5.32 Å². The number of sulfonamides is 1. The molecule has 3 fully saturated rings. The average Bonchev–Trinajstić information content (AvgIpc) is 3.40. The second-order valence-electron chi connectivity index (χ2n) is 9.21. The zero-order valence-electron chi connectivity index (χ0n) is 17.5. The lowest BCUT2D eigenvalue weighted by Gasteiger charge is -2.45. The molecule has 4 aliphatic rings. The van der Waals surface area contributed by atoms with Gasteiger partial charge < -0.3 is 10.2 Å². The summed E-state index contributed by atoms with van der Waals surface area (Å²) >= 11 is 0. The highest BCUT2D eigenvalue weighted by molar-refractivity contribution is 7.90. The zero-order valence-corrected chi connectivity index (χ0v) is 18.3. The number of Topliss-reactive ketones (excluding diaryl/α,β-unsaturated/α-hetero) is 1. The Morgan fingerprint density at radius 1 is 1.09 bits per heavy atom. The lowest BCUT2D eigenvalue weighted by Crippen LogP contribution is -2.61. The number of piperidine rings is 1. The molecule has 33 heavy (non-hydrogen) atoms. The molecule has 1 N–H and O–H groups in total. The maximum atomic E-state index is 13.7. The summed E-state index contributed by atoms with van der Waals surface area (Å²) < 4.78 is 42.7. The number of hydrogen-bond donors (Lipinski definition) is 1. The Morgan fingerprint density at radius 3 is 2.64 bits per heavy atom. The summed E-state index contributed by atoms with van der Waals surface area (Å²) in [7, 11) is -4.15. The van der Waals surface area contributed by atoms with E-state index >= 15 is 0 Å². The topological polar surface area (TPSA) is 109 Å². The summed E-state index contributed by atoms with van der Waals surface area (Å²) in [5.74, 6) is -2.53. The largest absolute Gasteiger partial charge is 0.340 e. The number of fused-ring (bicyclic) bond motifs is 6. The van der Waals surface area contributed by atoms with E-state index in [4.69, 9.17) is 0 Å². The van der Waals surface area contributed by atoms with Gasteiger partial charge in [0.25, 0.3) is 0 Å². The van der Waals surface area contributed by atoms with Crippen LogP contribution in [0, 0.1) is 29.5 Å². The van der Waals surface area contributed by atoms with Gasteiger partial charge in [0, 0.05) is 24.7 Å². The number of rotatable bonds is 3. The van der Waals surface area contributed by atoms with Crippen molar-refractivity contribution in [1.82, 2.24) is 9.88 Å². The van der Waals surface area contributed by atoms with Gasteiger partial charge in [-0.1, -0.05) is 12.1 Å². The molecule has 2 saturated carbocycles. The summed E-state index contributed by atoms with van der Waals surface area (Å²) in [6.07, 6.45) is 4.11. The first-order valence-corrected chi connectivity index (χ1v) is 12.4. The van der Waals surface area contributed by atoms with Crippen LogP contribution in [0.3, 0.4) is 0 Å². The number of nitrogens with zero attached hydrogens (tertiary/aromatic N) is 3. The molecule has 2 aromatic rings. The fourth-order valence-corrected chi connectivity index (χ4v) is 7.20. The highest BCUT2D eigenvalue weighted by Crippen LogP contribution is 2.54. The molecule has 2 aliphatic heterocycles. The number of hydrogen-bond acceptors (Lipinski definition) is 6. The van der Waals surface area contributed by atoms with Crippen LogP contribution in [0.25, 0.3) is 0 Å². The van der Waals surface area contributed by atoms with Gasteiger partial charge in [0.2, 0.25) is 10.9 Å². The van der Waals surface area contributed by atoms with E-state index in [1.165, 1.54) is 24.4 Å². The normalized spacial score (nSPS) is 31.6. The van der Waals surface area contributed by atoms with Crippen LogP contribution < -0.4 is 5.32 Å². The van der Waals surface area contributed by atoms with Crippen molar-refractivity contribution in [3.8, 4) is 0 Å². The minimum absolute atomic E-state index is 0.171. The number of benzene rings is 1. The Balaban J connectivity index is 1.41. The second kappa shape index (κ2) is 7.18. The minimum Gasteiger partial charge on any atom is -0.340 e. The number of amides is 1. The summed E-state index contributed by atoms with van der Waals surface area (Å²) in [6, 6.07) is 8.81. The first-order valence-electron chi connectivity index (χ1n) is 11.0. The van der Waals surface area contributed by atoms with E-state index in [0.717, 1.165) is 24.8 Å². The van der Waals surface area contributed by atoms with Gasteiger partial charge in [-0.15, -0.1) is 4.40 Å². The number of anilines is 1. The van der Waals surface area contributed by atoms with Gasteiger partial charge in [0.15, 0.2) is 11.7 Å². The molecule has 1 amide bonds. The average molecular weight is 469 g/mol. The molecule has 6 rings (SSSR count). The fraction of sp³-hybridized carbons (Fsp3) is 0.391. The molecule has 1 aromatic carbocycles. The number of likely N-dealkylation sites (tertiary alicyclic amines) is 1. The van der Waals surface area contributed by atoms with E-state index in [1.54, 1.807) is 23.1 Å². The molecule has 2 bridgehead atoms. The molecule has 10 heteroatoms. The Morgan fingerprint density at radius 2 is 1.85 bits per heavy atom.